The second-order valence-electron chi connectivity index (χ2n) is 5.63. The van der Waals surface area contributed by atoms with Gasteiger partial charge in [-0.1, -0.05) is 38.1 Å². The molecule has 1 aromatic heterocycles. The van der Waals surface area contributed by atoms with Gasteiger partial charge in [-0.25, -0.2) is 4.98 Å². The van der Waals surface area contributed by atoms with Gasteiger partial charge in [0.1, 0.15) is 5.69 Å². The van der Waals surface area contributed by atoms with Crippen molar-refractivity contribution in [3.05, 3.63) is 51.5 Å². The molecule has 0 saturated heterocycles. The maximum Gasteiger partial charge on any atom is 0.271 e. The molecular formula is C18H26N4OS. The highest BCUT2D eigenvalue weighted by Gasteiger charge is 2.10. The number of benzene rings is 1. The van der Waals surface area contributed by atoms with Crippen molar-refractivity contribution in [2.45, 2.75) is 33.4 Å². The Labute approximate surface area is 147 Å². The lowest BCUT2D eigenvalue weighted by Gasteiger charge is -2.18. The number of hydrogen-bond donors (Lipinski definition) is 2. The molecule has 1 aromatic carbocycles. The van der Waals surface area contributed by atoms with Gasteiger partial charge in [-0.15, -0.1) is 11.3 Å². The van der Waals surface area contributed by atoms with Crippen molar-refractivity contribution in [1.29, 1.82) is 0 Å². The van der Waals surface area contributed by atoms with Crippen LogP contribution in [0.3, 0.4) is 0 Å². The van der Waals surface area contributed by atoms with E-state index in [1.54, 1.807) is 5.38 Å². The normalized spacial score (nSPS) is 11.0. The fourth-order valence-electron chi connectivity index (χ4n) is 2.39. The zero-order chi connectivity index (χ0) is 17.4. The molecule has 3 N–H and O–H groups in total. The third-order valence-corrected chi connectivity index (χ3v) is 4.83. The van der Waals surface area contributed by atoms with Gasteiger partial charge in [-0.2, -0.15) is 0 Å². The number of nitrogens with two attached hydrogens (primary N) is 1. The third kappa shape index (κ3) is 5.40. The maximum absolute atomic E-state index is 12.1. The molecule has 5 nitrogen and oxygen atoms in total. The van der Waals surface area contributed by atoms with E-state index in [4.69, 9.17) is 5.73 Å². The molecular weight excluding hydrogens is 320 g/mol. The van der Waals surface area contributed by atoms with Crippen molar-refractivity contribution in [1.82, 2.24) is 15.2 Å². The number of carbonyl (C=O) groups is 1. The quantitative estimate of drug-likeness (QED) is 0.731. The van der Waals surface area contributed by atoms with Crippen molar-refractivity contribution in [2.24, 2.45) is 5.73 Å². The second kappa shape index (κ2) is 9.52. The van der Waals surface area contributed by atoms with Gasteiger partial charge >= 0.3 is 0 Å². The number of aromatic nitrogens is 1. The van der Waals surface area contributed by atoms with Crippen LogP contribution in [0.4, 0.5) is 0 Å². The first-order valence-electron chi connectivity index (χ1n) is 8.39. The molecule has 0 unspecified atom stereocenters. The van der Waals surface area contributed by atoms with E-state index in [-0.39, 0.29) is 5.91 Å². The molecule has 2 aromatic rings. The predicted molar refractivity (Wildman–Crippen MR) is 99.1 cm³/mol. The Kier molecular flexibility index (Phi) is 7.36. The van der Waals surface area contributed by atoms with Gasteiger partial charge in [0.15, 0.2) is 0 Å². The van der Waals surface area contributed by atoms with Gasteiger partial charge in [0, 0.05) is 24.9 Å². The van der Waals surface area contributed by atoms with Crippen LogP contribution in [0.25, 0.3) is 0 Å². The first-order chi connectivity index (χ1) is 11.7. The van der Waals surface area contributed by atoms with E-state index in [0.29, 0.717) is 25.2 Å². The summed E-state index contributed by atoms with van der Waals surface area (Å²) in [6, 6.07) is 8.39. The number of rotatable bonds is 9. The molecule has 0 bridgehead atoms. The van der Waals surface area contributed by atoms with Crippen LogP contribution in [-0.2, 0) is 19.5 Å². The van der Waals surface area contributed by atoms with Crippen molar-refractivity contribution >= 4 is 17.2 Å². The summed E-state index contributed by atoms with van der Waals surface area (Å²) >= 11 is 1.48. The second-order valence-corrected chi connectivity index (χ2v) is 6.57. The molecule has 1 amide bonds. The fraction of sp³-hybridized carbons (Fsp3) is 0.444. The van der Waals surface area contributed by atoms with Crippen LogP contribution < -0.4 is 11.1 Å². The van der Waals surface area contributed by atoms with Crippen LogP contribution in [0, 0.1) is 0 Å². The summed E-state index contributed by atoms with van der Waals surface area (Å²) in [6.45, 7) is 8.46. The van der Waals surface area contributed by atoms with E-state index in [1.165, 1.54) is 16.9 Å². The van der Waals surface area contributed by atoms with Gasteiger partial charge in [0.2, 0.25) is 0 Å². The van der Waals surface area contributed by atoms with Gasteiger partial charge in [-0.05, 0) is 30.8 Å². The van der Waals surface area contributed by atoms with E-state index in [2.05, 4.69) is 53.3 Å². The van der Waals surface area contributed by atoms with Gasteiger partial charge < -0.3 is 11.1 Å². The van der Waals surface area contributed by atoms with E-state index in [0.717, 1.165) is 30.2 Å². The Balaban J connectivity index is 1.86. The Morgan fingerprint density at radius 1 is 1.21 bits per heavy atom. The van der Waals surface area contributed by atoms with Crippen molar-refractivity contribution in [3.8, 4) is 0 Å². The third-order valence-electron chi connectivity index (χ3n) is 3.92. The summed E-state index contributed by atoms with van der Waals surface area (Å²) in [6.07, 6.45) is 0.714. The van der Waals surface area contributed by atoms with E-state index < -0.39 is 0 Å². The largest absolute Gasteiger partial charge is 0.347 e. The highest BCUT2D eigenvalue weighted by molar-refractivity contribution is 7.09. The van der Waals surface area contributed by atoms with Crippen molar-refractivity contribution in [3.63, 3.8) is 0 Å². The smallest absolute Gasteiger partial charge is 0.271 e. The highest BCUT2D eigenvalue weighted by atomic mass is 32.1. The van der Waals surface area contributed by atoms with Crippen molar-refractivity contribution in [2.75, 3.05) is 19.6 Å². The molecule has 0 fully saturated rings. The predicted octanol–water partition coefficient (Wildman–Crippen LogP) is 2.42. The van der Waals surface area contributed by atoms with E-state index in [1.807, 2.05) is 0 Å². The molecule has 0 atom stereocenters. The summed E-state index contributed by atoms with van der Waals surface area (Å²) in [5, 5.41) is 5.61. The Morgan fingerprint density at radius 3 is 2.50 bits per heavy atom. The molecule has 130 valence electrons. The maximum atomic E-state index is 12.1. The van der Waals surface area contributed by atoms with Crippen LogP contribution in [0.2, 0.25) is 0 Å². The fourth-order valence-corrected chi connectivity index (χ4v) is 3.19. The average Bonchev–Trinajstić information content (AvgIpc) is 3.07. The Hall–Kier alpha value is -1.76. The van der Waals surface area contributed by atoms with Crippen LogP contribution in [0.15, 0.2) is 29.6 Å². The van der Waals surface area contributed by atoms with Crippen molar-refractivity contribution < 1.29 is 4.79 Å². The van der Waals surface area contributed by atoms with Gasteiger partial charge in [0.05, 0.1) is 5.01 Å². The van der Waals surface area contributed by atoms with Gasteiger partial charge in [-0.3, -0.25) is 9.69 Å². The number of amides is 1. The molecule has 0 aliphatic heterocycles. The molecule has 6 heteroatoms. The molecule has 2 rings (SSSR count). The molecule has 1 heterocycles. The minimum Gasteiger partial charge on any atom is -0.347 e. The number of thiazole rings is 1. The first kappa shape index (κ1) is 18.6. The number of carbonyl (C=O) groups excluding carboxylic acids is 1. The lowest BCUT2D eigenvalue weighted by molar-refractivity contribution is 0.0946. The molecule has 24 heavy (non-hydrogen) atoms. The first-order valence-corrected chi connectivity index (χ1v) is 9.27. The summed E-state index contributed by atoms with van der Waals surface area (Å²) in [4.78, 5) is 18.8. The summed E-state index contributed by atoms with van der Waals surface area (Å²) in [5.74, 6) is -0.137. The summed E-state index contributed by atoms with van der Waals surface area (Å²) in [7, 11) is 0. The standard InChI is InChI=1S/C18H26N4OS/c1-3-22(4-2)12-15-7-5-14(6-8-15)11-20-18(23)16-13-24-17(21-16)9-10-19/h5-8,13H,3-4,9-12,19H2,1-2H3,(H,20,23). The lowest BCUT2D eigenvalue weighted by Crippen LogP contribution is -2.23. The summed E-state index contributed by atoms with van der Waals surface area (Å²) < 4.78 is 0. The Bertz CT molecular complexity index is 635. The van der Waals surface area contributed by atoms with Crippen LogP contribution in [0.1, 0.15) is 40.5 Å². The average molecular weight is 347 g/mol. The molecule has 0 spiro atoms. The zero-order valence-electron chi connectivity index (χ0n) is 14.4. The van der Waals surface area contributed by atoms with Crippen LogP contribution in [0.5, 0.6) is 0 Å². The van der Waals surface area contributed by atoms with Crippen LogP contribution >= 0.6 is 11.3 Å². The summed E-state index contributed by atoms with van der Waals surface area (Å²) in [5.41, 5.74) is 8.36. The number of hydrogen-bond acceptors (Lipinski definition) is 5. The highest BCUT2D eigenvalue weighted by Crippen LogP contribution is 2.11. The molecule has 0 radical (unpaired) electrons. The lowest BCUT2D eigenvalue weighted by atomic mass is 10.1. The minimum absolute atomic E-state index is 0.137. The van der Waals surface area contributed by atoms with Gasteiger partial charge in [0.25, 0.3) is 5.91 Å². The zero-order valence-corrected chi connectivity index (χ0v) is 15.2. The van der Waals surface area contributed by atoms with E-state index in [9.17, 15) is 4.79 Å². The Morgan fingerprint density at radius 2 is 1.88 bits per heavy atom. The molecule has 0 aliphatic rings. The SMILES string of the molecule is CCN(CC)Cc1ccc(CNC(=O)c2csc(CCN)n2)cc1. The minimum atomic E-state index is -0.137. The van der Waals surface area contributed by atoms with E-state index >= 15 is 0 Å². The molecule has 0 saturated carbocycles. The number of nitrogens with one attached hydrogen (secondary N) is 1. The monoisotopic (exact) mass is 346 g/mol. The molecule has 0 aliphatic carbocycles. The van der Waals surface area contributed by atoms with Crippen LogP contribution in [-0.4, -0.2) is 35.4 Å². The number of nitrogens with zero attached hydrogens (tertiary/aromatic N) is 2. The topological polar surface area (TPSA) is 71.2 Å².